The first kappa shape index (κ1) is 28.3. The Morgan fingerprint density at radius 3 is 1.65 bits per heavy atom. The second-order valence-corrected chi connectivity index (χ2v) is 13.2. The summed E-state index contributed by atoms with van der Waals surface area (Å²) in [5, 5.41) is 5.06. The van der Waals surface area contributed by atoms with E-state index >= 15 is 0 Å². The van der Waals surface area contributed by atoms with Gasteiger partial charge in [0.15, 0.2) is 0 Å². The van der Waals surface area contributed by atoms with Gasteiger partial charge < -0.3 is 4.90 Å². The molecule has 0 amide bonds. The highest BCUT2D eigenvalue weighted by atomic mass is 32.1. The maximum atomic E-state index is 2.44. The summed E-state index contributed by atoms with van der Waals surface area (Å²) in [5.41, 5.74) is 10.7. The summed E-state index contributed by atoms with van der Waals surface area (Å²) in [7, 11) is 0. The fraction of sp³-hybridized carbons (Fsp3) is 0. The summed E-state index contributed by atoms with van der Waals surface area (Å²) in [6.45, 7) is 0. The van der Waals surface area contributed by atoms with Gasteiger partial charge in [0.2, 0.25) is 0 Å². The lowest BCUT2D eigenvalue weighted by Gasteiger charge is -2.29. The van der Waals surface area contributed by atoms with Gasteiger partial charge in [-0.2, -0.15) is 0 Å². The van der Waals surface area contributed by atoms with Crippen molar-refractivity contribution in [2.24, 2.45) is 0 Å². The normalized spacial score (nSPS) is 11.3. The molecule has 0 N–H and O–H groups in total. The van der Waals surface area contributed by atoms with Crippen molar-refractivity contribution in [2.75, 3.05) is 4.90 Å². The molecule has 1 heterocycles. The summed E-state index contributed by atoms with van der Waals surface area (Å²) < 4.78 is 2.63. The highest BCUT2D eigenvalue weighted by molar-refractivity contribution is 7.26. The van der Waals surface area contributed by atoms with Crippen molar-refractivity contribution in [3.05, 3.63) is 188 Å². The standard InChI is InChI=1S/C46H31NS/c1-2-12-32(13-3-1)33-24-26-34(27-25-33)35-28-30-37(31-29-35)47(43-22-10-15-36-14-4-5-16-38(36)43)44-21-8-6-17-39(44)41-19-11-20-42-40-18-7-9-23-45(40)48-46(41)42/h1-31H. The molecule has 0 saturated heterocycles. The lowest BCUT2D eigenvalue weighted by atomic mass is 9.98. The third-order valence-electron chi connectivity index (χ3n) is 9.30. The van der Waals surface area contributed by atoms with Gasteiger partial charge in [-0.1, -0.05) is 158 Å². The number of hydrogen-bond acceptors (Lipinski definition) is 2. The molecule has 9 rings (SSSR count). The van der Waals surface area contributed by atoms with Crippen LogP contribution in [-0.2, 0) is 0 Å². The average Bonchev–Trinajstić information content (AvgIpc) is 3.55. The first-order chi connectivity index (χ1) is 23.8. The Kier molecular flexibility index (Phi) is 7.07. The van der Waals surface area contributed by atoms with E-state index in [-0.39, 0.29) is 0 Å². The average molecular weight is 630 g/mol. The van der Waals surface area contributed by atoms with Crippen molar-refractivity contribution in [3.63, 3.8) is 0 Å². The van der Waals surface area contributed by atoms with Crippen LogP contribution >= 0.6 is 11.3 Å². The molecule has 0 unspecified atom stereocenters. The van der Waals surface area contributed by atoms with Crippen LogP contribution in [0, 0.1) is 0 Å². The molecule has 0 aliphatic carbocycles. The van der Waals surface area contributed by atoms with Crippen LogP contribution in [0.4, 0.5) is 17.1 Å². The van der Waals surface area contributed by atoms with Gasteiger partial charge in [0.1, 0.15) is 0 Å². The topological polar surface area (TPSA) is 3.24 Å². The fourth-order valence-corrected chi connectivity index (χ4v) is 8.19. The smallest absolute Gasteiger partial charge is 0.0540 e. The van der Waals surface area contributed by atoms with E-state index in [0.29, 0.717) is 0 Å². The summed E-state index contributed by atoms with van der Waals surface area (Å²) in [5.74, 6) is 0. The van der Waals surface area contributed by atoms with E-state index in [4.69, 9.17) is 0 Å². The Balaban J connectivity index is 1.20. The monoisotopic (exact) mass is 629 g/mol. The maximum Gasteiger partial charge on any atom is 0.0540 e. The molecule has 1 aromatic heterocycles. The molecule has 2 heteroatoms. The first-order valence-corrected chi connectivity index (χ1v) is 17.2. The van der Waals surface area contributed by atoms with E-state index in [2.05, 4.69) is 193 Å². The molecule has 0 spiro atoms. The van der Waals surface area contributed by atoms with Gasteiger partial charge in [0.25, 0.3) is 0 Å². The zero-order valence-corrected chi connectivity index (χ0v) is 27.1. The maximum absolute atomic E-state index is 2.44. The number of benzene rings is 8. The third-order valence-corrected chi connectivity index (χ3v) is 10.5. The molecule has 8 aromatic carbocycles. The third kappa shape index (κ3) is 4.95. The number of hydrogen-bond donors (Lipinski definition) is 0. The zero-order valence-electron chi connectivity index (χ0n) is 26.3. The van der Waals surface area contributed by atoms with E-state index in [1.54, 1.807) is 0 Å². The molecule has 0 aliphatic rings. The molecular weight excluding hydrogens is 599 g/mol. The van der Waals surface area contributed by atoms with Crippen molar-refractivity contribution >= 4 is 59.3 Å². The Morgan fingerprint density at radius 2 is 0.854 bits per heavy atom. The molecule has 0 fully saturated rings. The molecule has 226 valence electrons. The molecule has 9 aromatic rings. The molecule has 0 aliphatic heterocycles. The van der Waals surface area contributed by atoms with Crippen molar-refractivity contribution in [2.45, 2.75) is 0 Å². The SMILES string of the molecule is c1ccc(-c2ccc(-c3ccc(N(c4ccccc4-c4cccc5c4sc4ccccc45)c4cccc5ccccc45)cc3)cc2)cc1. The summed E-state index contributed by atoms with van der Waals surface area (Å²) >= 11 is 1.88. The van der Waals surface area contributed by atoms with E-state index in [1.807, 2.05) is 11.3 Å². The molecular formula is C46H31NS. The van der Waals surface area contributed by atoms with Crippen LogP contribution in [0.5, 0.6) is 0 Å². The second-order valence-electron chi connectivity index (χ2n) is 12.1. The van der Waals surface area contributed by atoms with E-state index in [9.17, 15) is 0 Å². The minimum absolute atomic E-state index is 1.12. The Bertz CT molecular complexity index is 2540. The van der Waals surface area contributed by atoms with Crippen LogP contribution in [-0.4, -0.2) is 0 Å². The van der Waals surface area contributed by atoms with Gasteiger partial charge in [0.05, 0.1) is 11.4 Å². The van der Waals surface area contributed by atoms with Crippen LogP contribution in [0.15, 0.2) is 188 Å². The zero-order chi connectivity index (χ0) is 31.9. The second kappa shape index (κ2) is 12.0. The minimum atomic E-state index is 1.12. The number of para-hydroxylation sites is 1. The van der Waals surface area contributed by atoms with Gasteiger partial charge in [-0.05, 0) is 58.0 Å². The van der Waals surface area contributed by atoms with Gasteiger partial charge in [-0.25, -0.2) is 0 Å². The quantitative estimate of drug-likeness (QED) is 0.177. The molecule has 0 bridgehead atoms. The Hall–Kier alpha value is -5.96. The highest BCUT2D eigenvalue weighted by Crippen LogP contribution is 2.47. The van der Waals surface area contributed by atoms with Crippen molar-refractivity contribution in [3.8, 4) is 33.4 Å². The van der Waals surface area contributed by atoms with Crippen molar-refractivity contribution in [1.82, 2.24) is 0 Å². The van der Waals surface area contributed by atoms with Gasteiger partial charge in [-0.15, -0.1) is 11.3 Å². The number of nitrogens with zero attached hydrogens (tertiary/aromatic N) is 1. The van der Waals surface area contributed by atoms with E-state index in [1.165, 1.54) is 64.3 Å². The molecule has 0 saturated carbocycles. The van der Waals surface area contributed by atoms with Crippen LogP contribution in [0.1, 0.15) is 0 Å². The number of fused-ring (bicyclic) bond motifs is 4. The Morgan fingerprint density at radius 1 is 0.333 bits per heavy atom. The summed E-state index contributed by atoms with van der Waals surface area (Å²) in [6.07, 6.45) is 0. The largest absolute Gasteiger partial charge is 0.309 e. The first-order valence-electron chi connectivity index (χ1n) is 16.4. The minimum Gasteiger partial charge on any atom is -0.309 e. The predicted molar refractivity (Wildman–Crippen MR) is 208 cm³/mol. The summed E-state index contributed by atoms with van der Waals surface area (Å²) in [4.78, 5) is 2.44. The van der Waals surface area contributed by atoms with Crippen LogP contribution in [0.2, 0.25) is 0 Å². The van der Waals surface area contributed by atoms with Crippen molar-refractivity contribution < 1.29 is 0 Å². The molecule has 48 heavy (non-hydrogen) atoms. The number of rotatable bonds is 6. The molecule has 0 atom stereocenters. The predicted octanol–water partition coefficient (Wildman–Crippen LogP) is 13.7. The van der Waals surface area contributed by atoms with Crippen LogP contribution in [0.3, 0.4) is 0 Å². The molecule has 0 radical (unpaired) electrons. The Labute approximate surface area is 284 Å². The lowest BCUT2D eigenvalue weighted by Crippen LogP contribution is -2.11. The van der Waals surface area contributed by atoms with Gasteiger partial charge >= 0.3 is 0 Å². The van der Waals surface area contributed by atoms with E-state index < -0.39 is 0 Å². The van der Waals surface area contributed by atoms with Crippen LogP contribution < -0.4 is 4.90 Å². The van der Waals surface area contributed by atoms with Crippen LogP contribution in [0.25, 0.3) is 64.3 Å². The van der Waals surface area contributed by atoms with Gasteiger partial charge in [-0.3, -0.25) is 0 Å². The summed E-state index contributed by atoms with van der Waals surface area (Å²) in [6, 6.07) is 68.1. The lowest BCUT2D eigenvalue weighted by molar-refractivity contribution is 1.30. The fourth-order valence-electron chi connectivity index (χ4n) is 6.96. The number of anilines is 3. The molecule has 1 nitrogen and oxygen atoms in total. The van der Waals surface area contributed by atoms with Crippen molar-refractivity contribution in [1.29, 1.82) is 0 Å². The van der Waals surface area contributed by atoms with E-state index in [0.717, 1.165) is 17.1 Å². The highest BCUT2D eigenvalue weighted by Gasteiger charge is 2.21. The van der Waals surface area contributed by atoms with Gasteiger partial charge in [0, 0.05) is 42.4 Å². The number of thiophene rings is 1.